The number of carbonyl (C=O) groups excluding carboxylic acids is 4. The quantitative estimate of drug-likeness (QED) is 0.390. The fourth-order valence-electron chi connectivity index (χ4n) is 1.07. The van der Waals surface area contributed by atoms with Crippen LogP contribution in [0.25, 0.3) is 0 Å². The summed E-state index contributed by atoms with van der Waals surface area (Å²) in [4.78, 5) is 41.5. The van der Waals surface area contributed by atoms with Crippen LogP contribution in [-0.4, -0.2) is 32.9 Å². The molecule has 2 aliphatic rings. The highest BCUT2D eigenvalue weighted by molar-refractivity contribution is 9.08. The van der Waals surface area contributed by atoms with Crippen LogP contribution < -0.4 is 5.32 Å². The molecule has 0 saturated carbocycles. The molecule has 0 bridgehead atoms. The Morgan fingerprint density at radius 1 is 1.19 bits per heavy atom. The average Bonchev–Trinajstić information content (AvgIpc) is 2.65. The maximum atomic E-state index is 10.4. The fraction of sp³-hybridized carbons (Fsp3) is 0.500. The first kappa shape index (κ1) is 13.1. The summed E-state index contributed by atoms with van der Waals surface area (Å²) in [6.45, 7) is 0. The van der Waals surface area contributed by atoms with Crippen molar-refractivity contribution >= 4 is 51.4 Å². The number of hydrogen-bond acceptors (Lipinski definition) is 4. The van der Waals surface area contributed by atoms with Gasteiger partial charge in [0.2, 0.25) is 23.6 Å². The minimum atomic E-state index is -0.637. The maximum absolute atomic E-state index is 10.4. The molecule has 1 N–H and O–H groups in total. The van der Waals surface area contributed by atoms with E-state index in [-0.39, 0.29) is 30.0 Å². The van der Waals surface area contributed by atoms with Crippen molar-refractivity contribution in [2.75, 3.05) is 0 Å². The first-order valence-electron chi connectivity index (χ1n) is 4.41. The second-order valence-electron chi connectivity index (χ2n) is 3.15. The minimum absolute atomic E-state index is 0.125. The van der Waals surface area contributed by atoms with E-state index in [0.717, 1.165) is 3.93 Å². The van der Waals surface area contributed by atoms with Crippen LogP contribution in [0.15, 0.2) is 0 Å². The second kappa shape index (κ2) is 5.40. The van der Waals surface area contributed by atoms with Gasteiger partial charge in [0.25, 0.3) is 0 Å². The van der Waals surface area contributed by atoms with Crippen LogP contribution in [0.4, 0.5) is 0 Å². The van der Waals surface area contributed by atoms with Gasteiger partial charge in [0.05, 0.1) is 22.6 Å². The van der Waals surface area contributed by atoms with Gasteiger partial charge in [0.1, 0.15) is 5.38 Å². The van der Waals surface area contributed by atoms with E-state index in [2.05, 4.69) is 21.5 Å². The van der Waals surface area contributed by atoms with E-state index < -0.39 is 5.38 Å². The first-order chi connectivity index (χ1) is 7.41. The lowest BCUT2D eigenvalue weighted by atomic mass is 10.4. The van der Waals surface area contributed by atoms with Gasteiger partial charge >= 0.3 is 0 Å². The topological polar surface area (TPSA) is 83.5 Å². The molecular weight excluding hydrogens is 303 g/mol. The third kappa shape index (κ3) is 3.28. The van der Waals surface area contributed by atoms with Gasteiger partial charge in [0.15, 0.2) is 0 Å². The van der Waals surface area contributed by atoms with Crippen molar-refractivity contribution in [3.05, 3.63) is 0 Å². The Balaban J connectivity index is 0.000000160. The number of nitrogens with one attached hydrogen (secondary N) is 1. The number of imide groups is 2. The fourth-order valence-corrected chi connectivity index (χ4v) is 1.62. The van der Waals surface area contributed by atoms with E-state index in [1.807, 2.05) is 0 Å². The Morgan fingerprint density at radius 3 is 1.81 bits per heavy atom. The minimum Gasteiger partial charge on any atom is -0.295 e. The highest BCUT2D eigenvalue weighted by Crippen LogP contribution is 2.14. The second-order valence-corrected chi connectivity index (χ2v) is 4.39. The molecule has 2 aliphatic heterocycles. The molecule has 0 aliphatic carbocycles. The first-order valence-corrected chi connectivity index (χ1v) is 5.55. The van der Waals surface area contributed by atoms with Crippen molar-refractivity contribution in [3.8, 4) is 0 Å². The van der Waals surface area contributed by atoms with Crippen LogP contribution >= 0.6 is 27.7 Å². The van der Waals surface area contributed by atoms with Gasteiger partial charge in [0, 0.05) is 12.8 Å². The van der Waals surface area contributed by atoms with Crippen molar-refractivity contribution in [1.29, 1.82) is 0 Å². The van der Waals surface area contributed by atoms with E-state index in [1.165, 1.54) is 0 Å². The molecule has 0 aromatic heterocycles. The smallest absolute Gasteiger partial charge is 0.245 e. The Kier molecular flexibility index (Phi) is 4.43. The Hall–Kier alpha value is -0.950. The molecular formula is C8H8BrClN2O4. The largest absolute Gasteiger partial charge is 0.295 e. The van der Waals surface area contributed by atoms with Crippen LogP contribution in [0.5, 0.6) is 0 Å². The monoisotopic (exact) mass is 310 g/mol. The zero-order valence-corrected chi connectivity index (χ0v) is 10.4. The van der Waals surface area contributed by atoms with E-state index >= 15 is 0 Å². The number of halogens is 2. The third-order valence-corrected chi connectivity index (χ3v) is 3.05. The van der Waals surface area contributed by atoms with Crippen molar-refractivity contribution < 1.29 is 19.2 Å². The molecule has 6 nitrogen and oxygen atoms in total. The molecule has 16 heavy (non-hydrogen) atoms. The summed E-state index contributed by atoms with van der Waals surface area (Å²) < 4.78 is 0.979. The molecule has 2 heterocycles. The Labute approximate surface area is 105 Å². The summed E-state index contributed by atoms with van der Waals surface area (Å²) in [5, 5.41) is 1.42. The molecule has 2 fully saturated rings. The molecule has 2 saturated heterocycles. The standard InChI is InChI=1S/C4H4BrNO2.C4H4ClNO2/c5-6-3(7)1-2-4(6)8;5-2-1-3(7)6-4(2)8/h1-2H2;2H,1H2,(H,6,7,8). The van der Waals surface area contributed by atoms with E-state index in [4.69, 9.17) is 11.6 Å². The SMILES string of the molecule is O=C1CC(Cl)C(=O)N1.O=C1CCC(=O)N1Br. The number of alkyl halides is 1. The summed E-state index contributed by atoms with van der Waals surface area (Å²) in [5.74, 6) is -0.948. The number of nitrogens with zero attached hydrogens (tertiary/aromatic N) is 1. The van der Waals surface area contributed by atoms with E-state index in [9.17, 15) is 19.2 Å². The number of hydrogen-bond donors (Lipinski definition) is 1. The molecule has 8 heteroatoms. The summed E-state index contributed by atoms with van der Waals surface area (Å²) in [7, 11) is 0. The molecule has 0 spiro atoms. The zero-order chi connectivity index (χ0) is 12.3. The normalized spacial score (nSPS) is 24.4. The van der Waals surface area contributed by atoms with Gasteiger partial charge in [-0.1, -0.05) is 0 Å². The number of carbonyl (C=O) groups is 4. The number of amides is 4. The summed E-state index contributed by atoms with van der Waals surface area (Å²) in [6.07, 6.45) is 0.828. The van der Waals surface area contributed by atoms with Gasteiger partial charge in [-0.25, -0.2) is 3.93 Å². The summed E-state index contributed by atoms with van der Waals surface area (Å²) in [5.41, 5.74) is 0. The molecule has 4 amide bonds. The third-order valence-electron chi connectivity index (χ3n) is 1.90. The van der Waals surface area contributed by atoms with Gasteiger partial charge in [-0.2, -0.15) is 0 Å². The highest BCUT2D eigenvalue weighted by atomic mass is 79.9. The lowest BCUT2D eigenvalue weighted by Crippen LogP contribution is -2.21. The lowest BCUT2D eigenvalue weighted by Gasteiger charge is -1.97. The average molecular weight is 312 g/mol. The predicted octanol–water partition coefficient (Wildman–Crippen LogP) is 0.0856. The van der Waals surface area contributed by atoms with Crippen LogP contribution in [0.1, 0.15) is 19.3 Å². The van der Waals surface area contributed by atoms with Crippen molar-refractivity contribution in [3.63, 3.8) is 0 Å². The van der Waals surface area contributed by atoms with Crippen molar-refractivity contribution in [1.82, 2.24) is 9.24 Å². The van der Waals surface area contributed by atoms with Gasteiger partial charge in [-0.05, 0) is 0 Å². The van der Waals surface area contributed by atoms with Crippen LogP contribution in [-0.2, 0) is 19.2 Å². The zero-order valence-electron chi connectivity index (χ0n) is 8.03. The molecule has 2 rings (SSSR count). The summed E-state index contributed by atoms with van der Waals surface area (Å²) in [6, 6.07) is 0. The molecule has 0 aromatic carbocycles. The molecule has 88 valence electrons. The number of rotatable bonds is 0. The molecule has 0 radical (unpaired) electrons. The van der Waals surface area contributed by atoms with E-state index in [1.54, 1.807) is 0 Å². The predicted molar refractivity (Wildman–Crippen MR) is 57.4 cm³/mol. The van der Waals surface area contributed by atoms with Crippen LogP contribution in [0.3, 0.4) is 0 Å². The van der Waals surface area contributed by atoms with E-state index in [0.29, 0.717) is 12.8 Å². The Morgan fingerprint density at radius 2 is 1.69 bits per heavy atom. The van der Waals surface area contributed by atoms with Gasteiger partial charge in [-0.3, -0.25) is 24.5 Å². The molecule has 0 aromatic rings. The maximum Gasteiger partial charge on any atom is 0.245 e. The lowest BCUT2D eigenvalue weighted by molar-refractivity contribution is -0.131. The Bertz CT molecular complexity index is 341. The van der Waals surface area contributed by atoms with Gasteiger partial charge < -0.3 is 0 Å². The molecule has 1 unspecified atom stereocenters. The van der Waals surface area contributed by atoms with Gasteiger partial charge in [-0.15, -0.1) is 11.6 Å². The van der Waals surface area contributed by atoms with Crippen LogP contribution in [0, 0.1) is 0 Å². The van der Waals surface area contributed by atoms with Crippen LogP contribution in [0.2, 0.25) is 0 Å². The highest BCUT2D eigenvalue weighted by Gasteiger charge is 2.28. The van der Waals surface area contributed by atoms with Crippen molar-refractivity contribution in [2.24, 2.45) is 0 Å². The summed E-state index contributed by atoms with van der Waals surface area (Å²) >= 11 is 8.13. The van der Waals surface area contributed by atoms with Crippen molar-refractivity contribution in [2.45, 2.75) is 24.6 Å². The molecule has 1 atom stereocenters.